The molecule has 0 spiro atoms. The SMILES string of the molecule is COCCN(C(C)C)C(C)C(N)c1ccc(F)cc1. The summed E-state index contributed by atoms with van der Waals surface area (Å²) in [7, 11) is 1.70. The third-order valence-electron chi connectivity index (χ3n) is 3.51. The number of benzene rings is 1. The van der Waals surface area contributed by atoms with Gasteiger partial charge in [0.1, 0.15) is 5.82 Å². The number of halogens is 1. The van der Waals surface area contributed by atoms with Crippen LogP contribution >= 0.6 is 0 Å². The van der Waals surface area contributed by atoms with Gasteiger partial charge in [0, 0.05) is 31.8 Å². The summed E-state index contributed by atoms with van der Waals surface area (Å²) in [6.45, 7) is 7.90. The molecular weight excluding hydrogens is 243 g/mol. The van der Waals surface area contributed by atoms with Crippen molar-refractivity contribution in [2.75, 3.05) is 20.3 Å². The fourth-order valence-electron chi connectivity index (χ4n) is 2.30. The molecule has 19 heavy (non-hydrogen) atoms. The van der Waals surface area contributed by atoms with Crippen LogP contribution in [0.4, 0.5) is 4.39 Å². The fraction of sp³-hybridized carbons (Fsp3) is 0.600. The van der Waals surface area contributed by atoms with E-state index in [0.717, 1.165) is 12.1 Å². The van der Waals surface area contributed by atoms with Crippen molar-refractivity contribution in [2.24, 2.45) is 5.73 Å². The number of rotatable bonds is 7. The van der Waals surface area contributed by atoms with Crippen molar-refractivity contribution in [3.8, 4) is 0 Å². The van der Waals surface area contributed by atoms with Crippen LogP contribution in [0.1, 0.15) is 32.4 Å². The molecule has 0 aliphatic carbocycles. The molecule has 2 atom stereocenters. The van der Waals surface area contributed by atoms with Crippen molar-refractivity contribution in [1.29, 1.82) is 0 Å². The molecule has 0 aromatic heterocycles. The predicted molar refractivity (Wildman–Crippen MR) is 76.5 cm³/mol. The summed E-state index contributed by atoms with van der Waals surface area (Å²) in [4.78, 5) is 2.30. The second kappa shape index (κ2) is 7.58. The van der Waals surface area contributed by atoms with Gasteiger partial charge in [0.2, 0.25) is 0 Å². The fourth-order valence-corrected chi connectivity index (χ4v) is 2.30. The molecule has 0 aliphatic rings. The summed E-state index contributed by atoms with van der Waals surface area (Å²) in [5.41, 5.74) is 7.25. The summed E-state index contributed by atoms with van der Waals surface area (Å²) in [5, 5.41) is 0. The number of nitrogens with zero attached hydrogens (tertiary/aromatic N) is 1. The Labute approximate surface area is 115 Å². The Morgan fingerprint density at radius 1 is 1.21 bits per heavy atom. The molecule has 0 radical (unpaired) electrons. The largest absolute Gasteiger partial charge is 0.383 e. The zero-order chi connectivity index (χ0) is 14.4. The maximum atomic E-state index is 12.9. The maximum absolute atomic E-state index is 12.9. The van der Waals surface area contributed by atoms with Crippen molar-refractivity contribution in [2.45, 2.75) is 38.9 Å². The van der Waals surface area contributed by atoms with Crippen molar-refractivity contribution in [1.82, 2.24) is 4.90 Å². The third-order valence-corrected chi connectivity index (χ3v) is 3.51. The van der Waals surface area contributed by atoms with Crippen LogP contribution in [0.15, 0.2) is 24.3 Å². The predicted octanol–water partition coefficient (Wildman–Crippen LogP) is 2.57. The number of ether oxygens (including phenoxy) is 1. The highest BCUT2D eigenvalue weighted by molar-refractivity contribution is 5.21. The minimum Gasteiger partial charge on any atom is -0.383 e. The van der Waals surface area contributed by atoms with Gasteiger partial charge in [-0.2, -0.15) is 0 Å². The molecular formula is C15H25FN2O. The minimum atomic E-state index is -0.233. The van der Waals surface area contributed by atoms with Crippen LogP contribution in [0, 0.1) is 5.82 Å². The Morgan fingerprint density at radius 3 is 2.26 bits per heavy atom. The zero-order valence-electron chi connectivity index (χ0n) is 12.3. The summed E-state index contributed by atoms with van der Waals surface area (Å²) in [6.07, 6.45) is 0. The van der Waals surface area contributed by atoms with Crippen LogP contribution in [0.5, 0.6) is 0 Å². The zero-order valence-corrected chi connectivity index (χ0v) is 12.3. The highest BCUT2D eigenvalue weighted by Crippen LogP contribution is 2.20. The average molecular weight is 268 g/mol. The number of nitrogens with two attached hydrogens (primary N) is 1. The monoisotopic (exact) mass is 268 g/mol. The Morgan fingerprint density at radius 2 is 1.79 bits per heavy atom. The van der Waals surface area contributed by atoms with E-state index in [1.807, 2.05) is 0 Å². The van der Waals surface area contributed by atoms with Gasteiger partial charge in [0.05, 0.1) is 6.61 Å². The normalized spacial score (nSPS) is 14.9. The quantitative estimate of drug-likeness (QED) is 0.826. The van der Waals surface area contributed by atoms with Crippen LogP contribution in [-0.2, 0) is 4.74 Å². The molecule has 3 nitrogen and oxygen atoms in total. The first-order chi connectivity index (χ1) is 8.97. The standard InChI is InChI=1S/C15H25FN2O/c1-11(2)18(9-10-19-4)12(3)15(17)13-5-7-14(16)8-6-13/h5-8,11-12,15H,9-10,17H2,1-4H3. The van der Waals surface area contributed by atoms with Gasteiger partial charge in [-0.3, -0.25) is 4.90 Å². The molecule has 1 rings (SSSR count). The van der Waals surface area contributed by atoms with E-state index in [-0.39, 0.29) is 17.9 Å². The van der Waals surface area contributed by atoms with E-state index >= 15 is 0 Å². The van der Waals surface area contributed by atoms with E-state index in [9.17, 15) is 4.39 Å². The molecule has 1 aromatic rings. The molecule has 0 aliphatic heterocycles. The highest BCUT2D eigenvalue weighted by Gasteiger charge is 2.23. The minimum absolute atomic E-state index is 0.139. The lowest BCUT2D eigenvalue weighted by Crippen LogP contribution is -2.46. The maximum Gasteiger partial charge on any atom is 0.123 e. The van der Waals surface area contributed by atoms with Crippen LogP contribution in [0.25, 0.3) is 0 Å². The van der Waals surface area contributed by atoms with Gasteiger partial charge in [-0.1, -0.05) is 12.1 Å². The second-order valence-corrected chi connectivity index (χ2v) is 5.14. The lowest BCUT2D eigenvalue weighted by molar-refractivity contribution is 0.0914. The van der Waals surface area contributed by atoms with Gasteiger partial charge in [0.15, 0.2) is 0 Å². The van der Waals surface area contributed by atoms with Crippen molar-refractivity contribution in [3.63, 3.8) is 0 Å². The van der Waals surface area contributed by atoms with Crippen molar-refractivity contribution in [3.05, 3.63) is 35.6 Å². The number of hydrogen-bond donors (Lipinski definition) is 1. The Bertz CT molecular complexity index is 367. The second-order valence-electron chi connectivity index (χ2n) is 5.14. The van der Waals surface area contributed by atoms with Gasteiger partial charge in [-0.25, -0.2) is 4.39 Å². The van der Waals surface area contributed by atoms with Gasteiger partial charge in [-0.05, 0) is 38.5 Å². The van der Waals surface area contributed by atoms with Crippen molar-refractivity contribution < 1.29 is 9.13 Å². The molecule has 108 valence electrons. The lowest BCUT2D eigenvalue weighted by Gasteiger charge is -2.36. The molecule has 0 amide bonds. The lowest BCUT2D eigenvalue weighted by atomic mass is 9.99. The molecule has 0 saturated carbocycles. The Kier molecular flexibility index (Phi) is 6.42. The molecule has 2 N–H and O–H groups in total. The van der Waals surface area contributed by atoms with Crippen LogP contribution < -0.4 is 5.73 Å². The number of hydrogen-bond acceptors (Lipinski definition) is 3. The molecule has 0 saturated heterocycles. The molecule has 0 heterocycles. The molecule has 2 unspecified atom stereocenters. The molecule has 1 aromatic carbocycles. The van der Waals surface area contributed by atoms with Crippen LogP contribution in [0.2, 0.25) is 0 Å². The molecule has 0 fully saturated rings. The van der Waals surface area contributed by atoms with Gasteiger partial charge < -0.3 is 10.5 Å². The Hall–Kier alpha value is -0.970. The van der Waals surface area contributed by atoms with Gasteiger partial charge in [-0.15, -0.1) is 0 Å². The van der Waals surface area contributed by atoms with Crippen molar-refractivity contribution >= 4 is 0 Å². The molecule has 0 bridgehead atoms. The van der Waals surface area contributed by atoms with Crippen LogP contribution in [-0.4, -0.2) is 37.2 Å². The Balaban J connectivity index is 2.77. The van der Waals surface area contributed by atoms with Crippen LogP contribution in [0.3, 0.4) is 0 Å². The smallest absolute Gasteiger partial charge is 0.123 e. The third kappa shape index (κ3) is 4.56. The summed E-state index contributed by atoms with van der Waals surface area (Å²) >= 11 is 0. The van der Waals surface area contributed by atoms with E-state index in [0.29, 0.717) is 12.6 Å². The van der Waals surface area contributed by atoms with E-state index in [2.05, 4.69) is 25.7 Å². The molecule has 4 heteroatoms. The van der Waals surface area contributed by atoms with E-state index in [1.54, 1.807) is 19.2 Å². The highest BCUT2D eigenvalue weighted by atomic mass is 19.1. The number of methoxy groups -OCH3 is 1. The first kappa shape index (κ1) is 16.1. The van der Waals surface area contributed by atoms with E-state index in [1.165, 1.54) is 12.1 Å². The first-order valence-electron chi connectivity index (χ1n) is 6.73. The van der Waals surface area contributed by atoms with Gasteiger partial charge in [0.25, 0.3) is 0 Å². The van der Waals surface area contributed by atoms with E-state index < -0.39 is 0 Å². The first-order valence-corrected chi connectivity index (χ1v) is 6.73. The van der Waals surface area contributed by atoms with E-state index in [4.69, 9.17) is 10.5 Å². The van der Waals surface area contributed by atoms with Gasteiger partial charge >= 0.3 is 0 Å². The summed E-state index contributed by atoms with van der Waals surface area (Å²) < 4.78 is 18.1. The average Bonchev–Trinajstić information content (AvgIpc) is 2.38. The summed E-state index contributed by atoms with van der Waals surface area (Å²) in [6, 6.07) is 6.83. The summed E-state index contributed by atoms with van der Waals surface area (Å²) in [5.74, 6) is -0.233. The topological polar surface area (TPSA) is 38.5 Å².